The third-order valence-electron chi connectivity index (χ3n) is 6.28. The zero-order chi connectivity index (χ0) is 27.7. The van der Waals surface area contributed by atoms with Crippen LogP contribution in [0.4, 0.5) is 0 Å². The van der Waals surface area contributed by atoms with Crippen molar-refractivity contribution >= 4 is 35.8 Å². The molecule has 0 aliphatic heterocycles. The van der Waals surface area contributed by atoms with Gasteiger partial charge in [0.25, 0.3) is 0 Å². The summed E-state index contributed by atoms with van der Waals surface area (Å²) in [4.78, 5) is 65.1. The molecule has 0 rings (SSSR count). The molecule has 0 radical (unpaired) electrons. The van der Waals surface area contributed by atoms with Gasteiger partial charge in [0.1, 0.15) is 5.60 Å². The number of rotatable bonds is 14. The first kappa shape index (κ1) is 37.2. The summed E-state index contributed by atoms with van der Waals surface area (Å²) in [5.74, 6) is -11.1. The Hall–Kier alpha value is -2.38. The van der Waals surface area contributed by atoms with Crippen molar-refractivity contribution in [1.29, 1.82) is 0 Å². The number of carbonyl (C=O) groups is 6. The Bertz CT molecular complexity index is 736. The molecule has 0 aromatic rings. The fourth-order valence-corrected chi connectivity index (χ4v) is 3.90. The van der Waals surface area contributed by atoms with Crippen molar-refractivity contribution in [3.8, 4) is 0 Å². The van der Waals surface area contributed by atoms with E-state index in [0.29, 0.717) is 0 Å². The summed E-state index contributed by atoms with van der Waals surface area (Å²) in [5.41, 5.74) is -10.3. The van der Waals surface area contributed by atoms with Crippen LogP contribution in [0.15, 0.2) is 0 Å². The topological polar surface area (TPSA) is 276 Å². The van der Waals surface area contributed by atoms with Crippen molar-refractivity contribution in [3.63, 3.8) is 0 Å². The maximum Gasteiger partial charge on any atom is 4.00 e. The van der Waals surface area contributed by atoms with Crippen LogP contribution >= 0.6 is 0 Å². The van der Waals surface area contributed by atoms with Crippen molar-refractivity contribution in [2.24, 2.45) is 10.8 Å². The Morgan fingerprint density at radius 1 is 0.600 bits per heavy atom. The predicted molar refractivity (Wildman–Crippen MR) is 100 cm³/mol. The average Bonchev–Trinajstić information content (AvgIpc) is 2.69. The van der Waals surface area contributed by atoms with Crippen LogP contribution in [-0.2, 0) is 55.0 Å². The summed E-state index contributed by atoms with van der Waals surface area (Å²) in [6, 6.07) is 0. The maximum absolute atomic E-state index is 11.1. The minimum Gasteiger partial charge on any atom is -0.550 e. The smallest absolute Gasteiger partial charge is 0.550 e. The number of carboxylic acid groups (broad SMARTS) is 6. The third-order valence-corrected chi connectivity index (χ3v) is 6.28. The van der Waals surface area contributed by atoms with Gasteiger partial charge in [0.15, 0.2) is 5.60 Å². The Morgan fingerprint density at radius 3 is 1.09 bits per heavy atom. The van der Waals surface area contributed by atoms with Gasteiger partial charge in [-0.05, 0) is 25.7 Å². The molecule has 0 fully saturated rings. The molecule has 0 aromatic carbocycles. The molecule has 4 N–H and O–H groups in total. The number of aliphatic hydroxyl groups is 2. The molecule has 0 amide bonds. The summed E-state index contributed by atoms with van der Waals surface area (Å²) in [7, 11) is 0. The molecular weight excluding hydrogens is 555 g/mol. The standard InChI is InChI=1S/2C10H16O7.Zr/c2*1-3-9(4-2,7(13)14)10(17,8(15)16)5-6(11)12;/h2*17H,3-5H2,1-2H3,(H,11,12)(H,13,14)(H,15,16);/q;;+4/p-4. The molecule has 0 aliphatic carbocycles. The molecule has 0 saturated carbocycles. The van der Waals surface area contributed by atoms with Gasteiger partial charge < -0.3 is 60.0 Å². The first-order valence-electron chi connectivity index (χ1n) is 10.1. The van der Waals surface area contributed by atoms with Gasteiger partial charge in [-0.15, -0.1) is 0 Å². The van der Waals surface area contributed by atoms with Crippen LogP contribution in [0, 0.1) is 10.8 Å². The molecule has 2 atom stereocenters. The summed E-state index contributed by atoms with van der Waals surface area (Å²) >= 11 is 0. The van der Waals surface area contributed by atoms with Gasteiger partial charge in [-0.25, -0.2) is 4.79 Å². The average molecular weight is 584 g/mol. The Balaban J connectivity index is -0.000000569. The van der Waals surface area contributed by atoms with Crippen molar-refractivity contribution in [2.75, 3.05) is 0 Å². The first-order chi connectivity index (χ1) is 15.3. The number of hydrogen-bond acceptors (Lipinski definition) is 12. The largest absolute Gasteiger partial charge is 4.00 e. The van der Waals surface area contributed by atoms with Crippen LogP contribution in [0.3, 0.4) is 0 Å². The van der Waals surface area contributed by atoms with Gasteiger partial charge in [0, 0.05) is 23.2 Å². The normalized spacial score (nSPS) is 14.6. The van der Waals surface area contributed by atoms with E-state index >= 15 is 0 Å². The number of aliphatic carboxylic acids is 6. The second-order valence-corrected chi connectivity index (χ2v) is 7.59. The molecule has 0 aromatic heterocycles. The molecule has 2 unspecified atom stereocenters. The van der Waals surface area contributed by atoms with Crippen molar-refractivity contribution in [2.45, 2.75) is 77.4 Å². The third kappa shape index (κ3) is 7.31. The molecular formula is C20H28O14Zr. The van der Waals surface area contributed by atoms with Crippen molar-refractivity contribution in [3.05, 3.63) is 0 Å². The molecule has 15 heteroatoms. The van der Waals surface area contributed by atoms with Crippen LogP contribution < -0.4 is 20.4 Å². The Kier molecular flexibility index (Phi) is 15.1. The van der Waals surface area contributed by atoms with Gasteiger partial charge >= 0.3 is 38.1 Å². The molecule has 0 saturated heterocycles. The van der Waals surface area contributed by atoms with Crippen LogP contribution in [0.1, 0.15) is 66.2 Å². The first-order valence-corrected chi connectivity index (χ1v) is 10.1. The molecule has 14 nitrogen and oxygen atoms in total. The van der Waals surface area contributed by atoms with E-state index in [2.05, 4.69) is 0 Å². The van der Waals surface area contributed by atoms with E-state index in [1.807, 2.05) is 0 Å². The molecule has 35 heavy (non-hydrogen) atoms. The quantitative estimate of drug-likeness (QED) is 0.149. The molecule has 0 aliphatic rings. The van der Waals surface area contributed by atoms with Crippen LogP contribution in [0.5, 0.6) is 0 Å². The molecule has 0 bridgehead atoms. The summed E-state index contributed by atoms with van der Waals surface area (Å²) in [6.45, 7) is 5.33. The number of carboxylic acids is 6. The minimum absolute atomic E-state index is 0. The molecule has 0 heterocycles. The van der Waals surface area contributed by atoms with E-state index in [4.69, 9.17) is 10.2 Å². The van der Waals surface area contributed by atoms with Crippen LogP contribution in [-0.4, -0.2) is 67.4 Å². The maximum atomic E-state index is 11.1. The van der Waals surface area contributed by atoms with E-state index in [0.717, 1.165) is 0 Å². The number of hydrogen-bond donors (Lipinski definition) is 4. The van der Waals surface area contributed by atoms with E-state index < -0.39 is 70.7 Å². The van der Waals surface area contributed by atoms with E-state index in [9.17, 15) is 59.4 Å². The van der Waals surface area contributed by atoms with E-state index in [1.54, 1.807) is 0 Å². The van der Waals surface area contributed by atoms with E-state index in [1.165, 1.54) is 27.7 Å². The second-order valence-electron chi connectivity index (χ2n) is 7.59. The van der Waals surface area contributed by atoms with Gasteiger partial charge in [-0.1, -0.05) is 27.7 Å². The van der Waals surface area contributed by atoms with Gasteiger partial charge in [-0.3, -0.25) is 4.79 Å². The number of carbonyl (C=O) groups excluding carboxylic acids is 4. The minimum atomic E-state index is -3.06. The SMILES string of the molecule is CCC(CC)(C(=O)[O-])C(O)(CC(=O)O)C(=O)O.CCC(CC)(C(=O)[O-])C(O)(CC(=O)[O-])C(=O)[O-].[Zr+4]. The van der Waals surface area contributed by atoms with Gasteiger partial charge in [0.05, 0.1) is 24.3 Å². The Morgan fingerprint density at radius 2 is 0.914 bits per heavy atom. The zero-order valence-corrected chi connectivity index (χ0v) is 22.1. The predicted octanol–water partition coefficient (Wildman–Crippen LogP) is -5.01. The monoisotopic (exact) mass is 582 g/mol. The van der Waals surface area contributed by atoms with E-state index in [-0.39, 0.29) is 51.9 Å². The van der Waals surface area contributed by atoms with Crippen LogP contribution in [0.25, 0.3) is 0 Å². The Labute approximate surface area is 219 Å². The molecule has 0 spiro atoms. The zero-order valence-electron chi connectivity index (χ0n) is 19.6. The summed E-state index contributed by atoms with van der Waals surface area (Å²) < 4.78 is 0. The summed E-state index contributed by atoms with van der Waals surface area (Å²) in [6.07, 6.45) is -3.69. The van der Waals surface area contributed by atoms with Gasteiger partial charge in [-0.2, -0.15) is 0 Å². The summed E-state index contributed by atoms with van der Waals surface area (Å²) in [5, 5.41) is 80.8. The van der Waals surface area contributed by atoms with Crippen molar-refractivity contribution < 1.29 is 95.8 Å². The second kappa shape index (κ2) is 14.2. The van der Waals surface area contributed by atoms with Crippen molar-refractivity contribution in [1.82, 2.24) is 0 Å². The fourth-order valence-electron chi connectivity index (χ4n) is 3.90. The van der Waals surface area contributed by atoms with Crippen LogP contribution in [0.2, 0.25) is 0 Å². The fraction of sp³-hybridized carbons (Fsp3) is 0.700. The molecule has 196 valence electrons. The van der Waals surface area contributed by atoms with Gasteiger partial charge in [0.2, 0.25) is 0 Å².